The summed E-state index contributed by atoms with van der Waals surface area (Å²) in [4.78, 5) is 35.4. The zero-order valence-corrected chi connectivity index (χ0v) is 41.5. The number of unbranched alkanes of at least 4 members (excludes halogenated alkanes) is 22. The molecule has 10 heteroatoms. The third kappa shape index (κ3) is 47.2. The second-order valence-corrected chi connectivity index (χ2v) is 19.3. The van der Waals surface area contributed by atoms with Crippen molar-refractivity contribution >= 4 is 19.8 Å². The maximum absolute atomic E-state index is 12.7. The maximum atomic E-state index is 12.7. The van der Waals surface area contributed by atoms with Crippen LogP contribution in [0.3, 0.4) is 0 Å². The van der Waals surface area contributed by atoms with Crippen molar-refractivity contribution in [2.75, 3.05) is 47.5 Å². The minimum absolute atomic E-state index is 0.00820. The van der Waals surface area contributed by atoms with Gasteiger partial charge in [-0.25, -0.2) is 4.57 Å². The first-order valence-corrected chi connectivity index (χ1v) is 26.5. The molecule has 0 aromatic rings. The summed E-state index contributed by atoms with van der Waals surface area (Å²) in [6.45, 7) is 4.21. The predicted molar refractivity (Wildman–Crippen MR) is 261 cm³/mol. The number of allylic oxidation sites excluding steroid dienone is 9. The summed E-state index contributed by atoms with van der Waals surface area (Å²) in [5.41, 5.74) is 0. The zero-order valence-electron chi connectivity index (χ0n) is 40.6. The Kier molecular flexibility index (Phi) is 42.3. The fourth-order valence-corrected chi connectivity index (χ4v) is 7.48. The fraction of sp³-hybridized carbons (Fsp3) is 0.769. The second-order valence-electron chi connectivity index (χ2n) is 17.8. The van der Waals surface area contributed by atoms with Crippen LogP contribution >= 0.6 is 7.82 Å². The Hall–Kier alpha value is -2.29. The molecule has 9 nitrogen and oxygen atoms in total. The Balaban J connectivity index is 4.28. The van der Waals surface area contributed by atoms with Crippen molar-refractivity contribution in [2.45, 2.75) is 213 Å². The summed E-state index contributed by atoms with van der Waals surface area (Å²) in [6, 6.07) is 0. The molecule has 0 spiro atoms. The van der Waals surface area contributed by atoms with Gasteiger partial charge in [-0.15, -0.1) is 0 Å². The molecule has 0 heterocycles. The van der Waals surface area contributed by atoms with Crippen LogP contribution in [0.5, 0.6) is 0 Å². The largest absolute Gasteiger partial charge is 0.472 e. The lowest BCUT2D eigenvalue weighted by Gasteiger charge is -2.24. The second kappa shape index (κ2) is 43.9. The standard InChI is InChI=1S/C52H94NO8P/c1-6-8-10-12-14-16-18-20-22-23-24-25-26-27-28-29-31-32-34-36-38-40-42-44-51(54)58-48-50(49-60-62(56,57)59-47-46-53(3,4)5)61-52(55)45-43-41-39-37-35-33-30-21-19-17-15-13-11-9-7-2/h9,11,15,17,21,30,35,37,41,43,50H,6-8,10,12-14,16,18-20,22-29,31-34,36,38-40,42,44-49H2,1-5H3/p+1/b11-9-,17-15-,30-21-,37-35-,43-41-. The van der Waals surface area contributed by atoms with Crippen LogP contribution < -0.4 is 0 Å². The number of rotatable bonds is 45. The van der Waals surface area contributed by atoms with Crippen molar-refractivity contribution < 1.29 is 42.1 Å². The van der Waals surface area contributed by atoms with E-state index in [1.807, 2.05) is 33.3 Å². The number of phosphoric acid groups is 1. The third-order valence-electron chi connectivity index (χ3n) is 10.6. The van der Waals surface area contributed by atoms with Crippen molar-refractivity contribution in [3.8, 4) is 0 Å². The Bertz CT molecular complexity index is 1240. The molecule has 0 aromatic heterocycles. The third-order valence-corrected chi connectivity index (χ3v) is 11.6. The lowest BCUT2D eigenvalue weighted by molar-refractivity contribution is -0.870. The van der Waals surface area contributed by atoms with Gasteiger partial charge in [-0.3, -0.25) is 18.6 Å². The molecule has 2 atom stereocenters. The van der Waals surface area contributed by atoms with Gasteiger partial charge in [-0.05, 0) is 38.5 Å². The summed E-state index contributed by atoms with van der Waals surface area (Å²) in [6.07, 6.45) is 54.6. The highest BCUT2D eigenvalue weighted by Gasteiger charge is 2.27. The minimum atomic E-state index is -4.40. The summed E-state index contributed by atoms with van der Waals surface area (Å²) in [5.74, 6) is -0.941. The average Bonchev–Trinajstić information content (AvgIpc) is 3.23. The Morgan fingerprint density at radius 1 is 0.516 bits per heavy atom. The number of quaternary nitrogens is 1. The quantitative estimate of drug-likeness (QED) is 0.0212. The molecule has 0 bridgehead atoms. The Morgan fingerprint density at radius 3 is 1.31 bits per heavy atom. The van der Waals surface area contributed by atoms with Gasteiger partial charge in [0.25, 0.3) is 0 Å². The summed E-state index contributed by atoms with van der Waals surface area (Å²) in [7, 11) is 1.42. The van der Waals surface area contributed by atoms with Gasteiger partial charge >= 0.3 is 19.8 Å². The van der Waals surface area contributed by atoms with Crippen molar-refractivity contribution in [3.63, 3.8) is 0 Å². The first-order valence-electron chi connectivity index (χ1n) is 25.0. The van der Waals surface area contributed by atoms with E-state index in [4.69, 9.17) is 18.5 Å². The number of esters is 2. The van der Waals surface area contributed by atoms with Crippen molar-refractivity contribution in [1.29, 1.82) is 0 Å². The molecule has 62 heavy (non-hydrogen) atoms. The van der Waals surface area contributed by atoms with Crippen molar-refractivity contribution in [2.24, 2.45) is 0 Å². The highest BCUT2D eigenvalue weighted by Crippen LogP contribution is 2.43. The van der Waals surface area contributed by atoms with Gasteiger partial charge in [-0.2, -0.15) is 0 Å². The van der Waals surface area contributed by atoms with E-state index < -0.39 is 32.5 Å². The van der Waals surface area contributed by atoms with Gasteiger partial charge in [0.05, 0.1) is 34.2 Å². The molecule has 0 amide bonds. The molecule has 0 aromatic carbocycles. The first kappa shape index (κ1) is 59.7. The SMILES string of the molecule is CC/C=C\C/C=C\C/C=C\C/C=C\C/C=C\CC(=O)OC(COC(=O)CCCCCCCCCCCCCCCCCCCCCCCCC)COP(=O)(O)OCC[N+](C)(C)C. The van der Waals surface area contributed by atoms with Crippen LogP contribution in [0, 0.1) is 0 Å². The van der Waals surface area contributed by atoms with Gasteiger partial charge in [0.15, 0.2) is 6.10 Å². The number of phosphoric ester groups is 1. The topological polar surface area (TPSA) is 108 Å². The van der Waals surface area contributed by atoms with E-state index in [1.54, 1.807) is 6.08 Å². The van der Waals surface area contributed by atoms with Crippen LogP contribution in [0.2, 0.25) is 0 Å². The van der Waals surface area contributed by atoms with Gasteiger partial charge in [0, 0.05) is 6.42 Å². The van der Waals surface area contributed by atoms with Crippen LogP contribution in [0.4, 0.5) is 0 Å². The number of hydrogen-bond acceptors (Lipinski definition) is 7. The number of carbonyl (C=O) groups excluding carboxylic acids is 2. The van der Waals surface area contributed by atoms with Crippen LogP contribution in [0.25, 0.3) is 0 Å². The number of carbonyl (C=O) groups is 2. The smallest absolute Gasteiger partial charge is 0.462 e. The summed E-state index contributed by atoms with van der Waals surface area (Å²) in [5, 5.41) is 0. The maximum Gasteiger partial charge on any atom is 0.472 e. The lowest BCUT2D eigenvalue weighted by atomic mass is 10.0. The van der Waals surface area contributed by atoms with Crippen molar-refractivity contribution in [3.05, 3.63) is 60.8 Å². The molecular formula is C52H95NO8P+. The number of ether oxygens (including phenoxy) is 2. The monoisotopic (exact) mass is 893 g/mol. The normalized spacial score (nSPS) is 14.0. The zero-order chi connectivity index (χ0) is 45.7. The van der Waals surface area contributed by atoms with E-state index >= 15 is 0 Å². The van der Waals surface area contributed by atoms with Crippen LogP contribution in [0.1, 0.15) is 206 Å². The predicted octanol–water partition coefficient (Wildman–Crippen LogP) is 14.8. The minimum Gasteiger partial charge on any atom is -0.462 e. The van der Waals surface area contributed by atoms with E-state index in [-0.39, 0.29) is 26.1 Å². The number of likely N-dealkylation sites (N-methyl/N-ethyl adjacent to an activating group) is 1. The lowest BCUT2D eigenvalue weighted by Crippen LogP contribution is -2.37. The molecule has 0 aliphatic heterocycles. The average molecular weight is 893 g/mol. The molecule has 0 saturated carbocycles. The molecular weight excluding hydrogens is 798 g/mol. The van der Waals surface area contributed by atoms with Crippen LogP contribution in [0.15, 0.2) is 60.8 Å². The van der Waals surface area contributed by atoms with Gasteiger partial charge in [0.2, 0.25) is 0 Å². The van der Waals surface area contributed by atoms with E-state index in [2.05, 4.69) is 56.4 Å². The molecule has 0 aliphatic rings. The first-order chi connectivity index (χ1) is 30.0. The molecule has 1 N–H and O–H groups in total. The van der Waals surface area contributed by atoms with E-state index in [0.29, 0.717) is 17.4 Å². The van der Waals surface area contributed by atoms with Crippen molar-refractivity contribution in [1.82, 2.24) is 0 Å². The molecule has 2 unspecified atom stereocenters. The number of nitrogens with zero attached hydrogens (tertiary/aromatic N) is 1. The van der Waals surface area contributed by atoms with Gasteiger partial charge in [0.1, 0.15) is 19.8 Å². The van der Waals surface area contributed by atoms with Gasteiger partial charge in [-0.1, -0.05) is 216 Å². The van der Waals surface area contributed by atoms with Crippen LogP contribution in [-0.2, 0) is 32.7 Å². The molecule has 0 radical (unpaired) electrons. The molecule has 360 valence electrons. The molecule has 0 saturated heterocycles. The molecule has 0 rings (SSSR count). The fourth-order valence-electron chi connectivity index (χ4n) is 6.74. The highest BCUT2D eigenvalue weighted by molar-refractivity contribution is 7.47. The van der Waals surface area contributed by atoms with Crippen LogP contribution in [-0.4, -0.2) is 74.9 Å². The van der Waals surface area contributed by atoms with E-state index in [9.17, 15) is 19.0 Å². The number of hydrogen-bond donors (Lipinski definition) is 1. The highest BCUT2D eigenvalue weighted by atomic mass is 31.2. The molecule has 0 aliphatic carbocycles. The van der Waals surface area contributed by atoms with Gasteiger partial charge < -0.3 is 18.9 Å². The van der Waals surface area contributed by atoms with E-state index in [0.717, 1.165) is 44.9 Å². The summed E-state index contributed by atoms with van der Waals surface area (Å²) >= 11 is 0. The molecule has 0 fully saturated rings. The summed E-state index contributed by atoms with van der Waals surface area (Å²) < 4.78 is 34.2. The Morgan fingerprint density at radius 2 is 0.903 bits per heavy atom. The Labute approximate surface area is 381 Å². The van der Waals surface area contributed by atoms with E-state index in [1.165, 1.54) is 128 Å².